The molecule has 2 aromatic rings. The lowest BCUT2D eigenvalue weighted by Gasteiger charge is -2.13. The highest BCUT2D eigenvalue weighted by atomic mass is 32.2. The number of anilines is 1. The van der Waals surface area contributed by atoms with Gasteiger partial charge in [0.05, 0.1) is 34.4 Å². The molecule has 28 heavy (non-hydrogen) atoms. The lowest BCUT2D eigenvalue weighted by Crippen LogP contribution is -2.27. The van der Waals surface area contributed by atoms with Crippen LogP contribution in [0.2, 0.25) is 0 Å². The van der Waals surface area contributed by atoms with Crippen molar-refractivity contribution in [2.75, 3.05) is 30.5 Å². The van der Waals surface area contributed by atoms with E-state index in [1.54, 1.807) is 13.2 Å². The van der Waals surface area contributed by atoms with Crippen LogP contribution >= 0.6 is 23.5 Å². The van der Waals surface area contributed by atoms with E-state index in [1.165, 1.54) is 34.5 Å². The Morgan fingerprint density at radius 3 is 3.07 bits per heavy atom. The summed E-state index contributed by atoms with van der Waals surface area (Å²) in [4.78, 5) is 40.5. The summed E-state index contributed by atoms with van der Waals surface area (Å²) in [5, 5.41) is 13.9. The predicted octanol–water partition coefficient (Wildman–Crippen LogP) is 2.18. The summed E-state index contributed by atoms with van der Waals surface area (Å²) < 4.78 is 6.61. The van der Waals surface area contributed by atoms with Gasteiger partial charge >= 0.3 is 0 Å². The van der Waals surface area contributed by atoms with Crippen molar-refractivity contribution in [1.29, 1.82) is 0 Å². The van der Waals surface area contributed by atoms with Crippen LogP contribution in [0.15, 0.2) is 39.1 Å². The molecule has 3 rings (SSSR count). The third-order valence-electron chi connectivity index (χ3n) is 3.94. The van der Waals surface area contributed by atoms with E-state index in [2.05, 4.69) is 10.3 Å². The van der Waals surface area contributed by atoms with Gasteiger partial charge in [-0.25, -0.2) is 4.98 Å². The quantitative estimate of drug-likeness (QED) is 0.298. The highest BCUT2D eigenvalue weighted by Gasteiger charge is 2.22. The largest absolute Gasteiger partial charge is 0.383 e. The number of non-ortho nitro benzene ring substituents is 1. The maximum absolute atomic E-state index is 12.7. The van der Waals surface area contributed by atoms with Crippen molar-refractivity contribution in [2.45, 2.75) is 23.0 Å². The van der Waals surface area contributed by atoms with E-state index in [9.17, 15) is 19.7 Å². The fourth-order valence-corrected chi connectivity index (χ4v) is 4.52. The van der Waals surface area contributed by atoms with Crippen LogP contribution in [0.25, 0.3) is 0 Å². The normalized spacial score (nSPS) is 12.6. The maximum atomic E-state index is 12.7. The maximum Gasteiger partial charge on any atom is 0.271 e. The van der Waals surface area contributed by atoms with E-state index in [-0.39, 0.29) is 22.9 Å². The first-order chi connectivity index (χ1) is 13.5. The van der Waals surface area contributed by atoms with Gasteiger partial charge in [0.1, 0.15) is 0 Å². The van der Waals surface area contributed by atoms with Crippen molar-refractivity contribution in [1.82, 2.24) is 9.55 Å². The van der Waals surface area contributed by atoms with Crippen molar-refractivity contribution in [3.8, 4) is 0 Å². The van der Waals surface area contributed by atoms with E-state index in [1.807, 2.05) is 0 Å². The molecule has 1 aromatic heterocycles. The van der Waals surface area contributed by atoms with Crippen LogP contribution < -0.4 is 10.9 Å². The van der Waals surface area contributed by atoms with Crippen molar-refractivity contribution < 1.29 is 14.5 Å². The standard InChI is InChI=1S/C17H18N4O5S2/c1-26-7-6-20-16(23)15-13(5-8-27-15)19-17(20)28-10-14(22)18-11-3-2-4-12(9-11)21(24)25/h2-4,9H,5-8,10H2,1H3,(H,18,22). The number of aryl methyl sites for hydroxylation is 1. The molecule has 148 valence electrons. The molecule has 0 unspecified atom stereocenters. The molecule has 0 atom stereocenters. The zero-order chi connectivity index (χ0) is 20.1. The Labute approximate surface area is 169 Å². The Morgan fingerprint density at radius 1 is 1.50 bits per heavy atom. The first kappa shape index (κ1) is 20.4. The summed E-state index contributed by atoms with van der Waals surface area (Å²) in [7, 11) is 1.56. The van der Waals surface area contributed by atoms with Crippen molar-refractivity contribution in [3.63, 3.8) is 0 Å². The number of aromatic nitrogens is 2. The first-order valence-corrected chi connectivity index (χ1v) is 10.4. The van der Waals surface area contributed by atoms with E-state index in [0.29, 0.717) is 28.9 Å². The third-order valence-corrected chi connectivity index (χ3v) is 6.02. The van der Waals surface area contributed by atoms with Crippen LogP contribution in [-0.4, -0.2) is 45.6 Å². The van der Waals surface area contributed by atoms with Gasteiger partial charge in [-0.05, 0) is 6.07 Å². The monoisotopic (exact) mass is 422 g/mol. The van der Waals surface area contributed by atoms with Crippen LogP contribution in [-0.2, 0) is 22.5 Å². The fraction of sp³-hybridized carbons (Fsp3) is 0.353. The summed E-state index contributed by atoms with van der Waals surface area (Å²) >= 11 is 2.66. The number of hydrogen-bond donors (Lipinski definition) is 1. The fourth-order valence-electron chi connectivity index (χ4n) is 2.64. The average molecular weight is 422 g/mol. The Morgan fingerprint density at radius 2 is 2.32 bits per heavy atom. The number of amides is 1. The van der Waals surface area contributed by atoms with Crippen LogP contribution in [0.4, 0.5) is 11.4 Å². The molecule has 0 aliphatic carbocycles. The van der Waals surface area contributed by atoms with Gasteiger partial charge in [0.15, 0.2) is 5.16 Å². The number of nitro benzene ring substituents is 1. The lowest BCUT2D eigenvalue weighted by molar-refractivity contribution is -0.384. The highest BCUT2D eigenvalue weighted by molar-refractivity contribution is 8.00. The molecule has 11 heteroatoms. The molecule has 0 saturated carbocycles. The smallest absolute Gasteiger partial charge is 0.271 e. The topological polar surface area (TPSA) is 116 Å². The van der Waals surface area contributed by atoms with E-state index >= 15 is 0 Å². The number of nitrogens with zero attached hydrogens (tertiary/aromatic N) is 3. The van der Waals surface area contributed by atoms with E-state index in [0.717, 1.165) is 29.6 Å². The summed E-state index contributed by atoms with van der Waals surface area (Å²) in [6.07, 6.45) is 0.730. The zero-order valence-corrected chi connectivity index (χ0v) is 16.7. The third kappa shape index (κ3) is 4.72. The Kier molecular flexibility index (Phi) is 6.70. The Hall–Kier alpha value is -2.37. The summed E-state index contributed by atoms with van der Waals surface area (Å²) in [6, 6.07) is 5.73. The van der Waals surface area contributed by atoms with E-state index < -0.39 is 4.92 Å². The molecule has 2 heterocycles. The minimum atomic E-state index is -0.522. The molecule has 0 saturated heterocycles. The number of nitro groups is 1. The summed E-state index contributed by atoms with van der Waals surface area (Å²) in [6.45, 7) is 0.712. The van der Waals surface area contributed by atoms with Crippen molar-refractivity contribution >= 4 is 40.8 Å². The molecule has 0 spiro atoms. The van der Waals surface area contributed by atoms with Crippen LogP contribution in [0.5, 0.6) is 0 Å². The van der Waals surface area contributed by atoms with Gasteiger partial charge in [-0.15, -0.1) is 11.8 Å². The van der Waals surface area contributed by atoms with E-state index in [4.69, 9.17) is 4.74 Å². The Balaban J connectivity index is 1.72. The van der Waals surface area contributed by atoms with Gasteiger partial charge in [0.2, 0.25) is 5.91 Å². The van der Waals surface area contributed by atoms with Gasteiger partial charge in [-0.2, -0.15) is 0 Å². The molecule has 0 fully saturated rings. The number of rotatable bonds is 8. The van der Waals surface area contributed by atoms with Gasteiger partial charge in [-0.3, -0.25) is 24.3 Å². The minimum Gasteiger partial charge on any atom is -0.383 e. The molecular formula is C17H18N4O5S2. The molecule has 0 radical (unpaired) electrons. The molecular weight excluding hydrogens is 404 g/mol. The number of fused-ring (bicyclic) bond motifs is 1. The predicted molar refractivity (Wildman–Crippen MR) is 107 cm³/mol. The zero-order valence-electron chi connectivity index (χ0n) is 15.0. The van der Waals surface area contributed by atoms with Crippen molar-refractivity contribution in [3.05, 3.63) is 50.4 Å². The lowest BCUT2D eigenvalue weighted by atomic mass is 10.3. The molecule has 1 aliphatic rings. The SMILES string of the molecule is COCCn1c(SCC(=O)Nc2cccc([N+](=O)[O-])c2)nc2c(c1=O)SCC2. The number of thioether (sulfide) groups is 2. The second-order valence-corrected chi connectivity index (χ2v) is 7.91. The molecule has 1 aromatic carbocycles. The molecule has 1 amide bonds. The second kappa shape index (κ2) is 9.22. The average Bonchev–Trinajstić information content (AvgIpc) is 3.15. The number of nitrogens with one attached hydrogen (secondary N) is 1. The number of carbonyl (C=O) groups excluding carboxylic acids is 1. The van der Waals surface area contributed by atoms with Crippen LogP contribution in [0.3, 0.4) is 0 Å². The van der Waals surface area contributed by atoms with Gasteiger partial charge < -0.3 is 10.1 Å². The summed E-state index contributed by atoms with van der Waals surface area (Å²) in [5.41, 5.74) is 0.905. The van der Waals surface area contributed by atoms with Crippen LogP contribution in [0, 0.1) is 10.1 Å². The molecule has 1 aliphatic heterocycles. The van der Waals surface area contributed by atoms with Gasteiger partial charge in [0.25, 0.3) is 11.2 Å². The van der Waals surface area contributed by atoms with Gasteiger partial charge in [-0.1, -0.05) is 17.8 Å². The van der Waals surface area contributed by atoms with Crippen molar-refractivity contribution in [2.24, 2.45) is 0 Å². The number of methoxy groups -OCH3 is 1. The minimum absolute atomic E-state index is 0.0219. The summed E-state index contributed by atoms with van der Waals surface area (Å²) in [5.74, 6) is 0.505. The molecule has 0 bridgehead atoms. The van der Waals surface area contributed by atoms with Gasteiger partial charge in [0, 0.05) is 37.1 Å². The number of benzene rings is 1. The second-order valence-electron chi connectivity index (χ2n) is 5.86. The number of hydrogen-bond acceptors (Lipinski definition) is 8. The molecule has 1 N–H and O–H groups in total. The molecule has 9 nitrogen and oxygen atoms in total. The van der Waals surface area contributed by atoms with Crippen LogP contribution in [0.1, 0.15) is 5.69 Å². The highest BCUT2D eigenvalue weighted by Crippen LogP contribution is 2.28. The first-order valence-electron chi connectivity index (χ1n) is 8.42. The number of carbonyl (C=O) groups is 1. The Bertz CT molecular complexity index is 963. The number of ether oxygens (including phenoxy) is 1.